The van der Waals surface area contributed by atoms with Crippen LogP contribution in [0.25, 0.3) is 6.08 Å². The highest BCUT2D eigenvalue weighted by Crippen LogP contribution is 2.30. The molecule has 1 N–H and O–H groups in total. The highest BCUT2D eigenvalue weighted by Gasteiger charge is 2.16. The number of anilines is 2. The average molecular weight is 364 g/mol. The van der Waals surface area contributed by atoms with Crippen LogP contribution >= 0.6 is 22.9 Å². The van der Waals surface area contributed by atoms with Gasteiger partial charge >= 0.3 is 0 Å². The van der Waals surface area contributed by atoms with Crippen LogP contribution in [-0.4, -0.2) is 37.2 Å². The van der Waals surface area contributed by atoms with Crippen LogP contribution in [0.15, 0.2) is 29.7 Å². The maximum Gasteiger partial charge on any atom is 0.248 e. The molecule has 0 unspecified atom stereocenters. The minimum absolute atomic E-state index is 0.211. The van der Waals surface area contributed by atoms with Crippen LogP contribution in [0.5, 0.6) is 0 Å². The van der Waals surface area contributed by atoms with Gasteiger partial charge in [0.25, 0.3) is 0 Å². The summed E-state index contributed by atoms with van der Waals surface area (Å²) in [5.41, 5.74) is 2.44. The first-order valence-corrected chi connectivity index (χ1v) is 8.91. The number of nitrogens with one attached hydrogen (secondary N) is 1. The Hall–Kier alpha value is -1.89. The van der Waals surface area contributed by atoms with Crippen molar-refractivity contribution in [3.63, 3.8) is 0 Å². The van der Waals surface area contributed by atoms with Crippen molar-refractivity contribution in [3.05, 3.63) is 45.4 Å². The summed E-state index contributed by atoms with van der Waals surface area (Å²) in [5, 5.41) is 6.38. The molecule has 1 amide bonds. The van der Waals surface area contributed by atoms with Crippen LogP contribution in [0.2, 0.25) is 5.02 Å². The number of hydrogen-bond acceptors (Lipinski definition) is 5. The molecule has 126 valence electrons. The minimum Gasteiger partial charge on any atom is -0.378 e. The zero-order valence-corrected chi connectivity index (χ0v) is 14.9. The van der Waals surface area contributed by atoms with E-state index in [1.165, 1.54) is 6.08 Å². The Morgan fingerprint density at radius 1 is 1.42 bits per heavy atom. The Bertz CT molecular complexity index is 754. The highest BCUT2D eigenvalue weighted by molar-refractivity contribution is 7.09. The predicted octanol–water partition coefficient (Wildman–Crippen LogP) is 3.59. The van der Waals surface area contributed by atoms with E-state index in [2.05, 4.69) is 15.2 Å². The lowest BCUT2D eigenvalue weighted by Crippen LogP contribution is -2.36. The second kappa shape index (κ2) is 7.79. The molecule has 2 heterocycles. The largest absolute Gasteiger partial charge is 0.378 e. The van der Waals surface area contributed by atoms with Gasteiger partial charge in [-0.05, 0) is 31.2 Å². The highest BCUT2D eigenvalue weighted by atomic mass is 35.5. The number of aromatic nitrogens is 1. The van der Waals surface area contributed by atoms with E-state index in [0.717, 1.165) is 29.5 Å². The Balaban J connectivity index is 1.74. The lowest BCUT2D eigenvalue weighted by atomic mass is 10.2. The number of ether oxygens (including phenoxy) is 1. The lowest BCUT2D eigenvalue weighted by Gasteiger charge is -2.30. The fourth-order valence-corrected chi connectivity index (χ4v) is 3.23. The molecule has 0 aliphatic carbocycles. The number of morpholine rings is 1. The molecule has 1 aliphatic rings. The molecule has 24 heavy (non-hydrogen) atoms. The molecule has 7 heteroatoms. The van der Waals surface area contributed by atoms with E-state index in [-0.39, 0.29) is 5.91 Å². The van der Waals surface area contributed by atoms with Crippen molar-refractivity contribution in [3.8, 4) is 0 Å². The van der Waals surface area contributed by atoms with Gasteiger partial charge in [0, 0.05) is 29.6 Å². The molecular formula is C17H18ClN3O2S. The topological polar surface area (TPSA) is 54.5 Å². The summed E-state index contributed by atoms with van der Waals surface area (Å²) >= 11 is 7.65. The summed E-state index contributed by atoms with van der Waals surface area (Å²) in [6.07, 6.45) is 3.19. The Kier molecular flexibility index (Phi) is 5.50. The third-order valence-electron chi connectivity index (χ3n) is 3.61. The van der Waals surface area contributed by atoms with Gasteiger partial charge in [0.15, 0.2) is 0 Å². The van der Waals surface area contributed by atoms with E-state index in [4.69, 9.17) is 16.3 Å². The zero-order chi connectivity index (χ0) is 16.9. The molecule has 0 bridgehead atoms. The van der Waals surface area contributed by atoms with E-state index in [0.29, 0.717) is 23.9 Å². The van der Waals surface area contributed by atoms with Crippen LogP contribution in [0.1, 0.15) is 10.7 Å². The predicted molar refractivity (Wildman–Crippen MR) is 99.0 cm³/mol. The minimum atomic E-state index is -0.211. The Morgan fingerprint density at radius 2 is 2.21 bits per heavy atom. The number of halogens is 1. The molecule has 0 saturated carbocycles. The summed E-state index contributed by atoms with van der Waals surface area (Å²) in [4.78, 5) is 18.7. The summed E-state index contributed by atoms with van der Waals surface area (Å²) in [6, 6.07) is 5.53. The first-order valence-electron chi connectivity index (χ1n) is 7.65. The van der Waals surface area contributed by atoms with Gasteiger partial charge in [-0.25, -0.2) is 4.98 Å². The number of nitrogens with zero attached hydrogens (tertiary/aromatic N) is 2. The number of hydrogen-bond donors (Lipinski definition) is 1. The van der Waals surface area contributed by atoms with Crippen molar-refractivity contribution in [1.29, 1.82) is 0 Å². The van der Waals surface area contributed by atoms with Gasteiger partial charge in [-0.2, -0.15) is 0 Å². The molecule has 0 radical (unpaired) electrons. The standard InChI is InChI=1S/C17H18ClN3O2S/c1-12-19-14(11-24-12)3-5-17(22)20-15-10-13(18)2-4-16(15)21-6-8-23-9-7-21/h2-5,10-11H,6-9H2,1H3,(H,20,22)/b5-3+. The molecule has 1 aliphatic heterocycles. The third-order valence-corrected chi connectivity index (χ3v) is 4.64. The van der Waals surface area contributed by atoms with Gasteiger partial charge in [-0.15, -0.1) is 11.3 Å². The summed E-state index contributed by atoms with van der Waals surface area (Å²) in [6.45, 7) is 4.87. The maximum atomic E-state index is 12.2. The number of carbonyl (C=O) groups excluding carboxylic acids is 1. The van der Waals surface area contributed by atoms with Gasteiger partial charge in [0.1, 0.15) is 0 Å². The van der Waals surface area contributed by atoms with Crippen molar-refractivity contribution >= 4 is 46.3 Å². The number of carbonyl (C=O) groups is 1. The van der Waals surface area contributed by atoms with Crippen molar-refractivity contribution in [2.75, 3.05) is 36.5 Å². The smallest absolute Gasteiger partial charge is 0.248 e. The summed E-state index contributed by atoms with van der Waals surface area (Å²) < 4.78 is 5.38. The molecule has 0 spiro atoms. The maximum absolute atomic E-state index is 12.2. The van der Waals surface area contributed by atoms with E-state index in [9.17, 15) is 4.79 Å². The third kappa shape index (κ3) is 4.35. The Labute approximate surface area is 149 Å². The normalized spacial score (nSPS) is 15.0. The number of thiazole rings is 1. The van der Waals surface area contributed by atoms with E-state index in [1.807, 2.05) is 24.4 Å². The van der Waals surface area contributed by atoms with Crippen molar-refractivity contribution in [2.45, 2.75) is 6.92 Å². The van der Waals surface area contributed by atoms with Gasteiger partial charge in [0.05, 0.1) is 35.3 Å². The molecule has 3 rings (SSSR count). The quantitative estimate of drug-likeness (QED) is 0.843. The molecule has 1 saturated heterocycles. The molecule has 1 fully saturated rings. The second-order valence-corrected chi connectivity index (χ2v) is 6.87. The number of amides is 1. The molecule has 1 aromatic carbocycles. The molecule has 1 aromatic heterocycles. The summed E-state index contributed by atoms with van der Waals surface area (Å²) in [5.74, 6) is -0.211. The Morgan fingerprint density at radius 3 is 2.92 bits per heavy atom. The number of benzene rings is 1. The van der Waals surface area contributed by atoms with Gasteiger partial charge in [-0.1, -0.05) is 11.6 Å². The van der Waals surface area contributed by atoms with Gasteiger partial charge < -0.3 is 15.0 Å². The van der Waals surface area contributed by atoms with Crippen LogP contribution in [0, 0.1) is 6.92 Å². The molecule has 2 aromatic rings. The number of rotatable bonds is 4. The first kappa shape index (κ1) is 17.0. The van der Waals surface area contributed by atoms with Crippen molar-refractivity contribution in [2.24, 2.45) is 0 Å². The molecule has 5 nitrogen and oxygen atoms in total. The second-order valence-electron chi connectivity index (χ2n) is 5.37. The lowest BCUT2D eigenvalue weighted by molar-refractivity contribution is -0.111. The van der Waals surface area contributed by atoms with Gasteiger partial charge in [0.2, 0.25) is 5.91 Å². The van der Waals surface area contributed by atoms with Crippen LogP contribution < -0.4 is 10.2 Å². The summed E-state index contributed by atoms with van der Waals surface area (Å²) in [7, 11) is 0. The molecular weight excluding hydrogens is 346 g/mol. The molecule has 0 atom stereocenters. The fraction of sp³-hybridized carbons (Fsp3) is 0.294. The van der Waals surface area contributed by atoms with E-state index >= 15 is 0 Å². The number of aryl methyl sites for hydroxylation is 1. The monoisotopic (exact) mass is 363 g/mol. The zero-order valence-electron chi connectivity index (χ0n) is 13.3. The van der Waals surface area contributed by atoms with Crippen LogP contribution in [-0.2, 0) is 9.53 Å². The average Bonchev–Trinajstić information content (AvgIpc) is 2.99. The SMILES string of the molecule is Cc1nc(/C=C/C(=O)Nc2cc(Cl)ccc2N2CCOCC2)cs1. The van der Waals surface area contributed by atoms with Crippen LogP contribution in [0.4, 0.5) is 11.4 Å². The van der Waals surface area contributed by atoms with Crippen molar-refractivity contribution < 1.29 is 9.53 Å². The van der Waals surface area contributed by atoms with E-state index < -0.39 is 0 Å². The van der Waals surface area contributed by atoms with Crippen molar-refractivity contribution in [1.82, 2.24) is 4.98 Å². The van der Waals surface area contributed by atoms with E-state index in [1.54, 1.807) is 23.5 Å². The van der Waals surface area contributed by atoms with Crippen LogP contribution in [0.3, 0.4) is 0 Å². The van der Waals surface area contributed by atoms with Gasteiger partial charge in [-0.3, -0.25) is 4.79 Å². The first-order chi connectivity index (χ1) is 11.6. The fourth-order valence-electron chi connectivity index (χ4n) is 2.48.